The highest BCUT2D eigenvalue weighted by Gasteiger charge is 2.55. The second-order valence-electron chi connectivity index (χ2n) is 4.97. The molecule has 2 rings (SSSR count). The third-order valence-electron chi connectivity index (χ3n) is 3.70. The molecule has 0 unspecified atom stereocenters. The predicted molar refractivity (Wildman–Crippen MR) is 68.3 cm³/mol. The number of hydrogen-bond acceptors (Lipinski definition) is 3. The molecule has 4 nitrogen and oxygen atoms in total. The van der Waals surface area contributed by atoms with Gasteiger partial charge in [-0.3, -0.25) is 4.79 Å². The minimum atomic E-state index is -3.73. The number of hydrogen-bond donors (Lipinski definition) is 1. The van der Waals surface area contributed by atoms with Crippen LogP contribution in [0.25, 0.3) is 0 Å². The van der Waals surface area contributed by atoms with E-state index in [0.29, 0.717) is 5.92 Å². The van der Waals surface area contributed by atoms with Gasteiger partial charge in [-0.05, 0) is 24.5 Å². The van der Waals surface area contributed by atoms with Crippen LogP contribution in [0.15, 0.2) is 35.2 Å². The molecule has 5 heteroatoms. The molecule has 0 saturated heterocycles. The molecule has 1 aliphatic carbocycles. The first-order valence-corrected chi connectivity index (χ1v) is 7.51. The Kier molecular flexibility index (Phi) is 3.19. The zero-order valence-corrected chi connectivity index (χ0v) is 11.3. The third kappa shape index (κ3) is 2.27. The van der Waals surface area contributed by atoms with Gasteiger partial charge in [0.25, 0.3) is 10.0 Å². The van der Waals surface area contributed by atoms with Crippen molar-refractivity contribution in [1.29, 1.82) is 0 Å². The number of carbonyl (C=O) groups is 1. The molecule has 0 radical (unpaired) electrons. The molecule has 0 heterocycles. The van der Waals surface area contributed by atoms with Crippen LogP contribution in [0.4, 0.5) is 0 Å². The van der Waals surface area contributed by atoms with Gasteiger partial charge < -0.3 is 0 Å². The van der Waals surface area contributed by atoms with Crippen LogP contribution in [0, 0.1) is 11.3 Å². The molecule has 1 aromatic carbocycles. The molecule has 1 N–H and O–H groups in total. The van der Waals surface area contributed by atoms with Crippen molar-refractivity contribution in [3.63, 3.8) is 0 Å². The van der Waals surface area contributed by atoms with Crippen LogP contribution in [0.1, 0.15) is 26.7 Å². The Morgan fingerprint density at radius 1 is 1.39 bits per heavy atom. The van der Waals surface area contributed by atoms with Gasteiger partial charge in [0, 0.05) is 0 Å². The van der Waals surface area contributed by atoms with E-state index in [1.165, 1.54) is 12.1 Å². The summed E-state index contributed by atoms with van der Waals surface area (Å²) in [6, 6.07) is 7.94. The molecule has 98 valence electrons. The third-order valence-corrected chi connectivity index (χ3v) is 5.05. The molecule has 0 spiro atoms. The average molecular weight is 267 g/mol. The minimum Gasteiger partial charge on any atom is -0.273 e. The number of rotatable bonds is 4. The van der Waals surface area contributed by atoms with Gasteiger partial charge in [-0.2, -0.15) is 0 Å². The minimum absolute atomic E-state index is 0.121. The van der Waals surface area contributed by atoms with E-state index in [-0.39, 0.29) is 4.90 Å². The summed E-state index contributed by atoms with van der Waals surface area (Å²) in [4.78, 5) is 12.1. The Morgan fingerprint density at radius 3 is 2.50 bits per heavy atom. The van der Waals surface area contributed by atoms with Gasteiger partial charge in [0.15, 0.2) is 0 Å². The molecule has 18 heavy (non-hydrogen) atoms. The first-order chi connectivity index (χ1) is 8.40. The Labute approximate surface area is 107 Å². The maximum atomic E-state index is 12.0. The van der Waals surface area contributed by atoms with E-state index in [0.717, 1.165) is 12.8 Å². The normalized spacial score (nSPS) is 26.7. The molecule has 1 fully saturated rings. The first kappa shape index (κ1) is 13.1. The van der Waals surface area contributed by atoms with E-state index in [9.17, 15) is 13.2 Å². The number of carbonyl (C=O) groups excluding carboxylic acids is 1. The van der Waals surface area contributed by atoms with Crippen molar-refractivity contribution in [2.45, 2.75) is 31.6 Å². The van der Waals surface area contributed by atoms with Crippen LogP contribution in [-0.2, 0) is 14.8 Å². The summed E-state index contributed by atoms with van der Waals surface area (Å²) in [5, 5.41) is 0. The predicted octanol–water partition coefficient (Wildman–Crippen LogP) is 1.93. The molecule has 1 amide bonds. The second-order valence-corrected chi connectivity index (χ2v) is 6.66. The molecule has 0 bridgehead atoms. The maximum absolute atomic E-state index is 12.0. The molecule has 1 saturated carbocycles. The van der Waals surface area contributed by atoms with Gasteiger partial charge in [0.1, 0.15) is 0 Å². The summed E-state index contributed by atoms with van der Waals surface area (Å²) < 4.78 is 26.1. The molecule has 1 aromatic rings. The van der Waals surface area contributed by atoms with E-state index in [4.69, 9.17) is 0 Å². The lowest BCUT2D eigenvalue weighted by molar-refractivity contribution is -0.124. The van der Waals surface area contributed by atoms with E-state index in [1.807, 2.05) is 13.8 Å². The Balaban J connectivity index is 2.13. The molecule has 2 atom stereocenters. The van der Waals surface area contributed by atoms with Crippen LogP contribution < -0.4 is 4.72 Å². The quantitative estimate of drug-likeness (QED) is 0.906. The van der Waals surface area contributed by atoms with Crippen molar-refractivity contribution >= 4 is 15.9 Å². The molecular formula is C13H17NO3S. The summed E-state index contributed by atoms with van der Waals surface area (Å²) in [6.07, 6.45) is 1.66. The van der Waals surface area contributed by atoms with Crippen molar-refractivity contribution in [3.05, 3.63) is 30.3 Å². The fourth-order valence-electron chi connectivity index (χ4n) is 2.22. The summed E-state index contributed by atoms with van der Waals surface area (Å²) in [7, 11) is -3.73. The number of sulfonamides is 1. The summed E-state index contributed by atoms with van der Waals surface area (Å²) in [5.41, 5.74) is -0.517. The molecule has 1 aliphatic rings. The lowest BCUT2D eigenvalue weighted by Gasteiger charge is -2.12. The molecule has 0 aromatic heterocycles. The Morgan fingerprint density at radius 2 is 2.00 bits per heavy atom. The molecular weight excluding hydrogens is 250 g/mol. The van der Waals surface area contributed by atoms with Crippen LogP contribution in [0.5, 0.6) is 0 Å². The first-order valence-electron chi connectivity index (χ1n) is 6.02. The molecule has 0 aliphatic heterocycles. The van der Waals surface area contributed by atoms with Crippen LogP contribution in [0.3, 0.4) is 0 Å². The topological polar surface area (TPSA) is 63.2 Å². The van der Waals surface area contributed by atoms with Gasteiger partial charge >= 0.3 is 0 Å². The van der Waals surface area contributed by atoms with E-state index in [2.05, 4.69) is 4.72 Å². The lowest BCUT2D eigenvalue weighted by Crippen LogP contribution is -2.36. The van der Waals surface area contributed by atoms with Gasteiger partial charge in [0.2, 0.25) is 5.91 Å². The second kappa shape index (κ2) is 4.39. The van der Waals surface area contributed by atoms with E-state index >= 15 is 0 Å². The van der Waals surface area contributed by atoms with Gasteiger partial charge in [0.05, 0.1) is 10.3 Å². The van der Waals surface area contributed by atoms with Crippen LogP contribution >= 0.6 is 0 Å². The van der Waals surface area contributed by atoms with Crippen LogP contribution in [-0.4, -0.2) is 14.3 Å². The van der Waals surface area contributed by atoms with Crippen molar-refractivity contribution in [2.24, 2.45) is 11.3 Å². The number of amides is 1. The monoisotopic (exact) mass is 267 g/mol. The number of nitrogens with one attached hydrogen (secondary N) is 1. The highest BCUT2D eigenvalue weighted by atomic mass is 32.2. The van der Waals surface area contributed by atoms with Gasteiger partial charge in [-0.25, -0.2) is 13.1 Å². The lowest BCUT2D eigenvalue weighted by atomic mass is 10.1. The van der Waals surface area contributed by atoms with E-state index in [1.54, 1.807) is 18.2 Å². The largest absolute Gasteiger partial charge is 0.273 e. The number of benzene rings is 1. The zero-order valence-electron chi connectivity index (χ0n) is 10.5. The summed E-state index contributed by atoms with van der Waals surface area (Å²) in [5.74, 6) is -0.0957. The Hall–Kier alpha value is -1.36. The van der Waals surface area contributed by atoms with Gasteiger partial charge in [-0.15, -0.1) is 0 Å². The SMILES string of the molecule is CC[C@@H]1C[C@]1(C)C(=O)NS(=O)(=O)c1ccccc1. The fraction of sp³-hybridized carbons (Fsp3) is 0.462. The van der Waals surface area contributed by atoms with Gasteiger partial charge in [-0.1, -0.05) is 38.5 Å². The standard InChI is InChI=1S/C13H17NO3S/c1-3-10-9-13(10,2)12(15)14-18(16,17)11-7-5-4-6-8-11/h4-8,10H,3,9H2,1-2H3,(H,14,15)/t10-,13+/m1/s1. The van der Waals surface area contributed by atoms with E-state index < -0.39 is 21.3 Å². The highest BCUT2D eigenvalue weighted by Crippen LogP contribution is 2.54. The Bertz CT molecular complexity index is 553. The van der Waals surface area contributed by atoms with Crippen molar-refractivity contribution < 1.29 is 13.2 Å². The summed E-state index contributed by atoms with van der Waals surface area (Å²) >= 11 is 0. The van der Waals surface area contributed by atoms with Crippen LogP contribution in [0.2, 0.25) is 0 Å². The van der Waals surface area contributed by atoms with Crippen molar-refractivity contribution in [3.8, 4) is 0 Å². The summed E-state index contributed by atoms with van der Waals surface area (Å²) in [6.45, 7) is 3.83. The van der Waals surface area contributed by atoms with Crippen molar-refractivity contribution in [1.82, 2.24) is 4.72 Å². The maximum Gasteiger partial charge on any atom is 0.264 e. The highest BCUT2D eigenvalue weighted by molar-refractivity contribution is 7.90. The fourth-order valence-corrected chi connectivity index (χ4v) is 3.33. The smallest absolute Gasteiger partial charge is 0.264 e. The van der Waals surface area contributed by atoms with Crippen molar-refractivity contribution in [2.75, 3.05) is 0 Å². The average Bonchev–Trinajstić information content (AvgIpc) is 3.03. The zero-order chi connectivity index (χ0) is 13.4.